The lowest BCUT2D eigenvalue weighted by molar-refractivity contribution is -0.162. The van der Waals surface area contributed by atoms with E-state index < -0.39 is 23.9 Å². The van der Waals surface area contributed by atoms with Crippen LogP contribution in [0.3, 0.4) is 0 Å². The predicted octanol–water partition coefficient (Wildman–Crippen LogP) is 1.00. The highest BCUT2D eigenvalue weighted by molar-refractivity contribution is 5.86. The summed E-state index contributed by atoms with van der Waals surface area (Å²) in [6.07, 6.45) is 1.77. The van der Waals surface area contributed by atoms with Gasteiger partial charge in [0.2, 0.25) is 5.91 Å². The number of aliphatic hydroxyl groups is 1. The van der Waals surface area contributed by atoms with Gasteiger partial charge in [-0.25, -0.2) is 4.39 Å². The van der Waals surface area contributed by atoms with Gasteiger partial charge >= 0.3 is 0 Å². The van der Waals surface area contributed by atoms with Crippen molar-refractivity contribution < 1.29 is 23.8 Å². The molecule has 0 aromatic heterocycles. The largest absolute Gasteiger partial charge is 0.396 e. The number of carbonyl (C=O) groups is 2. The number of benzene rings is 1. The van der Waals surface area contributed by atoms with Gasteiger partial charge in [0.05, 0.1) is 12.6 Å². The van der Waals surface area contributed by atoms with E-state index in [1.807, 2.05) is 0 Å². The fraction of sp³-hybridized carbons (Fsp3) is 0.556. The number of rotatable bonds is 5. The molecular formula is C18H23FN2O4. The summed E-state index contributed by atoms with van der Waals surface area (Å²) < 4.78 is 19.7. The lowest BCUT2D eigenvalue weighted by Gasteiger charge is -2.42. The zero-order valence-electron chi connectivity index (χ0n) is 14.2. The first-order valence-electron chi connectivity index (χ1n) is 8.48. The molecule has 0 radical (unpaired) electrons. The number of amides is 2. The Kier molecular flexibility index (Phi) is 5.06. The second kappa shape index (κ2) is 7.09. The zero-order valence-corrected chi connectivity index (χ0v) is 14.2. The van der Waals surface area contributed by atoms with Crippen LogP contribution in [0.2, 0.25) is 0 Å². The van der Waals surface area contributed by atoms with E-state index in [0.717, 1.165) is 19.3 Å². The summed E-state index contributed by atoms with van der Waals surface area (Å²) in [6.45, 7) is 0.155. The van der Waals surface area contributed by atoms with Crippen LogP contribution in [0, 0.1) is 11.2 Å². The molecule has 1 heterocycles. The van der Waals surface area contributed by atoms with Gasteiger partial charge in [-0.3, -0.25) is 9.59 Å². The average molecular weight is 350 g/mol. The summed E-state index contributed by atoms with van der Waals surface area (Å²) >= 11 is 0. The second-order valence-electron chi connectivity index (χ2n) is 6.93. The van der Waals surface area contributed by atoms with Crippen molar-refractivity contribution in [2.45, 2.75) is 31.4 Å². The first-order valence-corrected chi connectivity index (χ1v) is 8.48. The lowest BCUT2D eigenvalue weighted by Crippen LogP contribution is -2.55. The highest BCUT2D eigenvalue weighted by Gasteiger charge is 2.43. The van der Waals surface area contributed by atoms with Crippen molar-refractivity contribution in [3.8, 4) is 0 Å². The van der Waals surface area contributed by atoms with E-state index in [-0.39, 0.29) is 30.1 Å². The Labute approximate surface area is 146 Å². The quantitative estimate of drug-likeness (QED) is 0.831. The molecule has 2 amide bonds. The minimum Gasteiger partial charge on any atom is -0.396 e. The molecule has 3 rings (SSSR count). The van der Waals surface area contributed by atoms with Gasteiger partial charge in [0.25, 0.3) is 5.91 Å². The molecule has 6 nitrogen and oxygen atoms in total. The number of aliphatic hydroxyl groups excluding tert-OH is 1. The molecule has 0 bridgehead atoms. The Balaban J connectivity index is 1.78. The summed E-state index contributed by atoms with van der Waals surface area (Å²) in [4.78, 5) is 26.0. The van der Waals surface area contributed by atoms with Crippen LogP contribution in [-0.2, 0) is 14.3 Å². The molecule has 1 aliphatic heterocycles. The molecule has 25 heavy (non-hydrogen) atoms. The molecule has 1 saturated carbocycles. The molecule has 1 aromatic carbocycles. The second-order valence-corrected chi connectivity index (χ2v) is 6.93. The van der Waals surface area contributed by atoms with Gasteiger partial charge in [0, 0.05) is 24.6 Å². The number of hydrogen-bond acceptors (Lipinski definition) is 4. The number of carbonyl (C=O) groups excluding carboxylic acids is 2. The van der Waals surface area contributed by atoms with Gasteiger partial charge in [-0.2, -0.15) is 0 Å². The Hall–Kier alpha value is -1.99. The third-order valence-corrected chi connectivity index (χ3v) is 5.35. The number of nitrogens with one attached hydrogen (secondary N) is 1. The summed E-state index contributed by atoms with van der Waals surface area (Å²) in [5.41, 5.74) is -0.0155. The zero-order chi connectivity index (χ0) is 18.0. The molecule has 2 unspecified atom stereocenters. The summed E-state index contributed by atoms with van der Waals surface area (Å²) in [5, 5.41) is 12.3. The number of nitrogens with zero attached hydrogens (tertiary/aromatic N) is 1. The summed E-state index contributed by atoms with van der Waals surface area (Å²) in [7, 11) is 1.55. The van der Waals surface area contributed by atoms with E-state index >= 15 is 0 Å². The van der Waals surface area contributed by atoms with E-state index in [4.69, 9.17) is 4.74 Å². The highest BCUT2D eigenvalue weighted by Crippen LogP contribution is 2.40. The van der Waals surface area contributed by atoms with Crippen LogP contribution >= 0.6 is 0 Å². The maximum atomic E-state index is 14.2. The predicted molar refractivity (Wildman–Crippen MR) is 88.0 cm³/mol. The van der Waals surface area contributed by atoms with Crippen LogP contribution in [0.1, 0.15) is 30.9 Å². The first-order chi connectivity index (χ1) is 12.0. The Morgan fingerprint density at radius 1 is 1.44 bits per heavy atom. The van der Waals surface area contributed by atoms with Crippen LogP contribution in [-0.4, -0.2) is 54.7 Å². The minimum atomic E-state index is -0.990. The SMILES string of the molecule is CN1C(=O)COC(C(=O)NCC2(CO)CCC2)C1c1ccccc1F. The molecule has 1 aromatic rings. The molecule has 1 aliphatic carbocycles. The topological polar surface area (TPSA) is 78.9 Å². The van der Waals surface area contributed by atoms with E-state index in [1.54, 1.807) is 25.2 Å². The first kappa shape index (κ1) is 17.8. The summed E-state index contributed by atoms with van der Waals surface area (Å²) in [6, 6.07) is 5.25. The van der Waals surface area contributed by atoms with E-state index in [0.29, 0.717) is 6.54 Å². The maximum absolute atomic E-state index is 14.2. The van der Waals surface area contributed by atoms with Crippen LogP contribution in [0.15, 0.2) is 24.3 Å². The maximum Gasteiger partial charge on any atom is 0.251 e. The standard InChI is InChI=1S/C18H23FN2O4/c1-21-14(23)9-25-16(15(21)12-5-2-3-6-13(12)19)17(24)20-10-18(11-22)7-4-8-18/h2-3,5-6,15-16,22H,4,7-11H2,1H3,(H,20,24). The Morgan fingerprint density at radius 3 is 2.76 bits per heavy atom. The van der Waals surface area contributed by atoms with Crippen molar-refractivity contribution in [1.29, 1.82) is 0 Å². The molecule has 0 spiro atoms. The molecule has 136 valence electrons. The fourth-order valence-corrected chi connectivity index (χ4v) is 3.46. The smallest absolute Gasteiger partial charge is 0.251 e. The van der Waals surface area contributed by atoms with Gasteiger partial charge in [-0.05, 0) is 18.9 Å². The molecule has 2 fully saturated rings. The Bertz CT molecular complexity index is 657. The van der Waals surface area contributed by atoms with Gasteiger partial charge in [-0.15, -0.1) is 0 Å². The van der Waals surface area contributed by atoms with Crippen LogP contribution in [0.5, 0.6) is 0 Å². The number of halogens is 1. The molecular weight excluding hydrogens is 327 g/mol. The normalized spacial score (nSPS) is 25.4. The van der Waals surface area contributed by atoms with Crippen molar-refractivity contribution in [2.24, 2.45) is 5.41 Å². The average Bonchev–Trinajstić information content (AvgIpc) is 2.57. The molecule has 2 aliphatic rings. The Morgan fingerprint density at radius 2 is 2.16 bits per heavy atom. The molecule has 7 heteroatoms. The van der Waals surface area contributed by atoms with E-state index in [1.165, 1.54) is 11.0 Å². The third kappa shape index (κ3) is 3.39. The molecule has 1 saturated heterocycles. The number of ether oxygens (including phenoxy) is 1. The van der Waals surface area contributed by atoms with E-state index in [2.05, 4.69) is 5.32 Å². The van der Waals surface area contributed by atoms with Gasteiger partial charge in [-0.1, -0.05) is 24.6 Å². The van der Waals surface area contributed by atoms with Crippen molar-refractivity contribution in [3.05, 3.63) is 35.6 Å². The molecule has 2 N–H and O–H groups in total. The number of likely N-dealkylation sites (N-methyl/N-ethyl adjacent to an activating group) is 1. The van der Waals surface area contributed by atoms with Crippen LogP contribution in [0.4, 0.5) is 4.39 Å². The molecule has 2 atom stereocenters. The van der Waals surface area contributed by atoms with Crippen molar-refractivity contribution in [1.82, 2.24) is 10.2 Å². The van der Waals surface area contributed by atoms with Crippen LogP contribution < -0.4 is 5.32 Å². The van der Waals surface area contributed by atoms with Crippen LogP contribution in [0.25, 0.3) is 0 Å². The van der Waals surface area contributed by atoms with E-state index in [9.17, 15) is 19.1 Å². The third-order valence-electron chi connectivity index (χ3n) is 5.35. The monoisotopic (exact) mass is 350 g/mol. The lowest BCUT2D eigenvalue weighted by atomic mass is 9.69. The van der Waals surface area contributed by atoms with Crippen molar-refractivity contribution in [3.63, 3.8) is 0 Å². The van der Waals surface area contributed by atoms with Crippen molar-refractivity contribution in [2.75, 3.05) is 26.8 Å². The number of morpholine rings is 1. The van der Waals surface area contributed by atoms with Crippen molar-refractivity contribution >= 4 is 11.8 Å². The highest BCUT2D eigenvalue weighted by atomic mass is 19.1. The van der Waals surface area contributed by atoms with Gasteiger partial charge in [0.1, 0.15) is 12.4 Å². The summed E-state index contributed by atoms with van der Waals surface area (Å²) in [5.74, 6) is -1.18. The number of hydrogen-bond donors (Lipinski definition) is 2. The van der Waals surface area contributed by atoms with Gasteiger partial charge < -0.3 is 20.1 Å². The fourth-order valence-electron chi connectivity index (χ4n) is 3.46. The minimum absolute atomic E-state index is 0.0218. The van der Waals surface area contributed by atoms with Gasteiger partial charge in [0.15, 0.2) is 6.10 Å².